The first-order valence-corrected chi connectivity index (χ1v) is 4.94. The molecule has 0 heterocycles. The van der Waals surface area contributed by atoms with Crippen molar-refractivity contribution in [3.8, 4) is 0 Å². The lowest BCUT2D eigenvalue weighted by Gasteiger charge is -2.23. The molecule has 0 bridgehead atoms. The highest BCUT2D eigenvalue weighted by molar-refractivity contribution is 5.82. The van der Waals surface area contributed by atoms with Gasteiger partial charge in [0.15, 0.2) is 0 Å². The molecule has 0 saturated heterocycles. The van der Waals surface area contributed by atoms with Crippen LogP contribution in [0.5, 0.6) is 0 Å². The van der Waals surface area contributed by atoms with E-state index in [9.17, 15) is 9.59 Å². The maximum Gasteiger partial charge on any atom is 0.236 e. The van der Waals surface area contributed by atoms with Gasteiger partial charge < -0.3 is 15.5 Å². The maximum atomic E-state index is 11.4. The maximum absolute atomic E-state index is 11.4. The Morgan fingerprint density at radius 1 is 1.27 bits per heavy atom. The molecule has 0 aromatic heterocycles. The highest BCUT2D eigenvalue weighted by atomic mass is 16.2. The Hall–Kier alpha value is -1.10. The van der Waals surface area contributed by atoms with Crippen LogP contribution in [0.3, 0.4) is 0 Å². The van der Waals surface area contributed by atoms with Gasteiger partial charge >= 0.3 is 0 Å². The highest BCUT2D eigenvalue weighted by Gasteiger charge is 2.26. The van der Waals surface area contributed by atoms with E-state index in [2.05, 4.69) is 10.6 Å². The summed E-state index contributed by atoms with van der Waals surface area (Å²) in [6.45, 7) is 4.40. The predicted octanol–water partition coefficient (Wildman–Crippen LogP) is -0.564. The summed E-state index contributed by atoms with van der Waals surface area (Å²) < 4.78 is 0. The fourth-order valence-electron chi connectivity index (χ4n) is 1.06. The second kappa shape index (κ2) is 5.70. The third-order valence-electron chi connectivity index (χ3n) is 2.18. The molecular weight excluding hydrogens is 194 g/mol. The molecule has 0 atom stereocenters. The van der Waals surface area contributed by atoms with E-state index in [0.29, 0.717) is 6.54 Å². The molecule has 2 N–H and O–H groups in total. The van der Waals surface area contributed by atoms with Crippen LogP contribution in [0, 0.1) is 5.41 Å². The van der Waals surface area contributed by atoms with Gasteiger partial charge in [-0.05, 0) is 13.8 Å². The Morgan fingerprint density at radius 3 is 2.20 bits per heavy atom. The van der Waals surface area contributed by atoms with E-state index in [-0.39, 0.29) is 18.4 Å². The third-order valence-corrected chi connectivity index (χ3v) is 2.18. The first-order valence-electron chi connectivity index (χ1n) is 4.94. The number of carbonyl (C=O) groups excluding carboxylic acids is 2. The van der Waals surface area contributed by atoms with Crippen LogP contribution in [0.2, 0.25) is 0 Å². The molecule has 88 valence electrons. The summed E-state index contributed by atoms with van der Waals surface area (Å²) >= 11 is 0. The average Bonchev–Trinajstić information content (AvgIpc) is 2.15. The molecule has 0 aromatic carbocycles. The van der Waals surface area contributed by atoms with Crippen molar-refractivity contribution >= 4 is 11.8 Å². The van der Waals surface area contributed by atoms with Crippen LogP contribution in [0.1, 0.15) is 13.8 Å². The lowest BCUT2D eigenvalue weighted by molar-refractivity contribution is -0.130. The number of hydrogen-bond acceptors (Lipinski definition) is 3. The van der Waals surface area contributed by atoms with Crippen molar-refractivity contribution in [3.63, 3.8) is 0 Å². The van der Waals surface area contributed by atoms with Crippen molar-refractivity contribution in [1.29, 1.82) is 0 Å². The molecule has 0 aliphatic carbocycles. The van der Waals surface area contributed by atoms with Crippen LogP contribution < -0.4 is 10.6 Å². The number of hydrogen-bond donors (Lipinski definition) is 2. The van der Waals surface area contributed by atoms with Crippen molar-refractivity contribution in [2.45, 2.75) is 13.8 Å². The SMILES string of the molecule is CNC(=O)C(C)(C)CNCC(=O)N(C)C. The molecule has 5 nitrogen and oxygen atoms in total. The Morgan fingerprint density at radius 2 is 1.80 bits per heavy atom. The smallest absolute Gasteiger partial charge is 0.236 e. The lowest BCUT2D eigenvalue weighted by atomic mass is 9.92. The molecule has 0 fully saturated rings. The van der Waals surface area contributed by atoms with Crippen LogP contribution in [-0.4, -0.2) is 50.9 Å². The predicted molar refractivity (Wildman–Crippen MR) is 59.4 cm³/mol. The normalized spacial score (nSPS) is 11.0. The van der Waals surface area contributed by atoms with Crippen LogP contribution >= 0.6 is 0 Å². The first-order chi connectivity index (χ1) is 6.81. The molecule has 2 amide bonds. The third kappa shape index (κ3) is 4.78. The van der Waals surface area contributed by atoms with Gasteiger partial charge in [-0.2, -0.15) is 0 Å². The van der Waals surface area contributed by atoms with Gasteiger partial charge in [0.1, 0.15) is 0 Å². The van der Waals surface area contributed by atoms with Crippen molar-refractivity contribution < 1.29 is 9.59 Å². The minimum Gasteiger partial charge on any atom is -0.359 e. The van der Waals surface area contributed by atoms with E-state index in [1.165, 1.54) is 4.90 Å². The fourth-order valence-corrected chi connectivity index (χ4v) is 1.06. The van der Waals surface area contributed by atoms with E-state index in [4.69, 9.17) is 0 Å². The summed E-state index contributed by atoms with van der Waals surface area (Å²) in [5.74, 6) is -0.0324. The summed E-state index contributed by atoms with van der Waals surface area (Å²) in [6.07, 6.45) is 0. The molecule has 15 heavy (non-hydrogen) atoms. The summed E-state index contributed by atoms with van der Waals surface area (Å²) in [5.41, 5.74) is -0.499. The standard InChI is InChI=1S/C10H21N3O2/c1-10(2,9(15)11-3)7-12-6-8(14)13(4)5/h12H,6-7H2,1-5H3,(H,11,15). The van der Waals surface area contributed by atoms with Crippen LogP contribution in [-0.2, 0) is 9.59 Å². The molecule has 5 heteroatoms. The minimum atomic E-state index is -0.499. The first kappa shape index (κ1) is 13.9. The molecule has 0 radical (unpaired) electrons. The molecule has 0 aliphatic heterocycles. The number of nitrogens with zero attached hydrogens (tertiary/aromatic N) is 1. The number of amides is 2. The van der Waals surface area contributed by atoms with Gasteiger partial charge in [0.25, 0.3) is 0 Å². The summed E-state index contributed by atoms with van der Waals surface area (Å²) in [4.78, 5) is 24.1. The lowest BCUT2D eigenvalue weighted by Crippen LogP contribution is -2.44. The molecule has 0 saturated carbocycles. The molecule has 0 rings (SSSR count). The second-order valence-electron chi connectivity index (χ2n) is 4.35. The van der Waals surface area contributed by atoms with Crippen molar-refractivity contribution in [2.75, 3.05) is 34.2 Å². The van der Waals surface area contributed by atoms with Crippen LogP contribution in [0.4, 0.5) is 0 Å². The average molecular weight is 215 g/mol. The number of rotatable bonds is 5. The van der Waals surface area contributed by atoms with Crippen molar-refractivity contribution in [1.82, 2.24) is 15.5 Å². The van der Waals surface area contributed by atoms with Crippen LogP contribution in [0.25, 0.3) is 0 Å². The van der Waals surface area contributed by atoms with E-state index < -0.39 is 5.41 Å². The topological polar surface area (TPSA) is 61.4 Å². The quantitative estimate of drug-likeness (QED) is 0.646. The van der Waals surface area contributed by atoms with Gasteiger partial charge in [-0.15, -0.1) is 0 Å². The molecule has 0 aliphatic rings. The second-order valence-corrected chi connectivity index (χ2v) is 4.35. The van der Waals surface area contributed by atoms with E-state index in [0.717, 1.165) is 0 Å². The van der Waals surface area contributed by atoms with Gasteiger partial charge in [0.05, 0.1) is 12.0 Å². The highest BCUT2D eigenvalue weighted by Crippen LogP contribution is 2.12. The molecule has 0 unspecified atom stereocenters. The van der Waals surface area contributed by atoms with Crippen molar-refractivity contribution in [2.24, 2.45) is 5.41 Å². The summed E-state index contributed by atoms with van der Waals surface area (Å²) in [5, 5.41) is 5.56. The number of likely N-dealkylation sites (N-methyl/N-ethyl adjacent to an activating group) is 1. The van der Waals surface area contributed by atoms with Gasteiger partial charge in [-0.25, -0.2) is 0 Å². The summed E-state index contributed by atoms with van der Waals surface area (Å²) in [7, 11) is 5.01. The Bertz CT molecular complexity index is 237. The molecular formula is C10H21N3O2. The van der Waals surface area contributed by atoms with Crippen LogP contribution in [0.15, 0.2) is 0 Å². The Kier molecular flexibility index (Phi) is 5.28. The number of carbonyl (C=O) groups is 2. The zero-order chi connectivity index (χ0) is 12.1. The van der Waals surface area contributed by atoms with E-state index in [1.54, 1.807) is 21.1 Å². The molecule has 0 aromatic rings. The summed E-state index contributed by atoms with van der Waals surface area (Å²) in [6, 6.07) is 0. The largest absolute Gasteiger partial charge is 0.359 e. The van der Waals surface area contributed by atoms with Gasteiger partial charge in [-0.1, -0.05) is 0 Å². The van der Waals surface area contributed by atoms with Crippen molar-refractivity contribution in [3.05, 3.63) is 0 Å². The van der Waals surface area contributed by atoms with Gasteiger partial charge in [0.2, 0.25) is 11.8 Å². The monoisotopic (exact) mass is 215 g/mol. The molecule has 0 spiro atoms. The van der Waals surface area contributed by atoms with E-state index >= 15 is 0 Å². The fraction of sp³-hybridized carbons (Fsp3) is 0.800. The Balaban J connectivity index is 3.95. The van der Waals surface area contributed by atoms with Gasteiger partial charge in [-0.3, -0.25) is 9.59 Å². The van der Waals surface area contributed by atoms with Gasteiger partial charge in [0, 0.05) is 27.7 Å². The van der Waals surface area contributed by atoms with E-state index in [1.807, 2.05) is 13.8 Å². The Labute approximate surface area is 91.2 Å². The minimum absolute atomic E-state index is 0.00251. The zero-order valence-corrected chi connectivity index (χ0v) is 10.2. The zero-order valence-electron chi connectivity index (χ0n) is 10.2. The number of nitrogens with one attached hydrogen (secondary N) is 2.